The highest BCUT2D eigenvalue weighted by Crippen LogP contribution is 2.33. The standard InChI is InChI=1S/C31H38N6O5/c1-21(2)20-42-31(40)37-26-19-36(30(39)27(41-4)22-8-6-5-7-9-22)18-25(26)28(33-37)32-29(38)23-10-12-24(13-11-23)35-16-14-34(3)15-17-35/h5-13,21,27H,14-20H2,1-4H3,(H,32,33,38). The van der Waals surface area contributed by atoms with Gasteiger partial charge in [0.05, 0.1) is 25.4 Å². The number of hydrogen-bond donors (Lipinski definition) is 1. The first-order chi connectivity index (χ1) is 20.2. The summed E-state index contributed by atoms with van der Waals surface area (Å²) in [5, 5.41) is 7.29. The molecular formula is C31H38N6O5. The van der Waals surface area contributed by atoms with E-state index in [9.17, 15) is 14.4 Å². The van der Waals surface area contributed by atoms with Gasteiger partial charge in [0.25, 0.3) is 11.8 Å². The Morgan fingerprint density at radius 3 is 2.29 bits per heavy atom. The van der Waals surface area contributed by atoms with Gasteiger partial charge in [-0.05, 0) is 42.8 Å². The lowest BCUT2D eigenvalue weighted by atomic mass is 10.1. The van der Waals surface area contributed by atoms with E-state index in [0.29, 0.717) is 16.8 Å². The number of likely N-dealkylation sites (N-methyl/N-ethyl adjacent to an activating group) is 1. The first-order valence-electron chi connectivity index (χ1n) is 14.2. The number of fused-ring (bicyclic) bond motifs is 1. The van der Waals surface area contributed by atoms with Gasteiger partial charge < -0.3 is 29.5 Å². The number of piperazine rings is 1. The molecule has 0 bridgehead atoms. The minimum absolute atomic E-state index is 0.125. The van der Waals surface area contributed by atoms with Crippen molar-refractivity contribution in [1.29, 1.82) is 0 Å². The van der Waals surface area contributed by atoms with Gasteiger partial charge in [-0.3, -0.25) is 9.59 Å². The van der Waals surface area contributed by atoms with Crippen molar-refractivity contribution in [2.75, 3.05) is 57.2 Å². The third-order valence-electron chi connectivity index (χ3n) is 7.60. The summed E-state index contributed by atoms with van der Waals surface area (Å²) in [5.41, 5.74) is 3.36. The van der Waals surface area contributed by atoms with Gasteiger partial charge in [0, 0.05) is 50.1 Å². The van der Waals surface area contributed by atoms with Gasteiger partial charge in [0.15, 0.2) is 11.9 Å². The summed E-state index contributed by atoms with van der Waals surface area (Å²) in [6, 6.07) is 16.7. The summed E-state index contributed by atoms with van der Waals surface area (Å²) in [5.74, 6) is -0.244. The van der Waals surface area contributed by atoms with Crippen molar-refractivity contribution in [2.24, 2.45) is 5.92 Å². The molecule has 2 aliphatic rings. The fourth-order valence-corrected chi connectivity index (χ4v) is 5.19. The number of hydrogen-bond acceptors (Lipinski definition) is 8. The number of carbonyl (C=O) groups is 3. The first kappa shape index (κ1) is 29.3. The van der Waals surface area contributed by atoms with Crippen molar-refractivity contribution in [1.82, 2.24) is 19.6 Å². The molecule has 1 fully saturated rings. The largest absolute Gasteiger partial charge is 0.448 e. The molecule has 1 atom stereocenters. The molecule has 2 aromatic carbocycles. The van der Waals surface area contributed by atoms with E-state index in [1.54, 1.807) is 17.0 Å². The minimum atomic E-state index is -0.804. The Labute approximate surface area is 246 Å². The van der Waals surface area contributed by atoms with Gasteiger partial charge >= 0.3 is 6.09 Å². The Kier molecular flexibility index (Phi) is 8.89. The van der Waals surface area contributed by atoms with E-state index < -0.39 is 12.2 Å². The van der Waals surface area contributed by atoms with Gasteiger partial charge in [-0.2, -0.15) is 4.68 Å². The van der Waals surface area contributed by atoms with E-state index >= 15 is 0 Å². The van der Waals surface area contributed by atoms with Gasteiger partial charge in [-0.15, -0.1) is 5.10 Å². The Bertz CT molecular complexity index is 1410. The summed E-state index contributed by atoms with van der Waals surface area (Å²) in [6.45, 7) is 8.24. The maximum atomic E-state index is 13.5. The minimum Gasteiger partial charge on any atom is -0.448 e. The van der Waals surface area contributed by atoms with Crippen molar-refractivity contribution in [3.8, 4) is 0 Å². The highest BCUT2D eigenvalue weighted by Gasteiger charge is 2.36. The van der Waals surface area contributed by atoms with Crippen LogP contribution in [0, 0.1) is 5.92 Å². The normalized spacial score (nSPS) is 15.9. The van der Waals surface area contributed by atoms with Crippen molar-refractivity contribution in [3.05, 3.63) is 77.0 Å². The monoisotopic (exact) mass is 574 g/mol. The molecule has 3 heterocycles. The SMILES string of the molecule is COC(C(=O)N1Cc2c(NC(=O)c3ccc(N4CCN(C)CC4)cc3)nn(C(=O)OCC(C)C)c2C1)c1ccccc1. The van der Waals surface area contributed by atoms with Crippen LogP contribution in [0.3, 0.4) is 0 Å². The molecule has 42 heavy (non-hydrogen) atoms. The van der Waals surface area contributed by atoms with Gasteiger partial charge in [0.1, 0.15) is 0 Å². The smallest absolute Gasteiger partial charge is 0.435 e. The van der Waals surface area contributed by atoms with Crippen molar-refractivity contribution in [3.63, 3.8) is 0 Å². The predicted molar refractivity (Wildman–Crippen MR) is 158 cm³/mol. The van der Waals surface area contributed by atoms with Gasteiger partial charge in [-0.1, -0.05) is 44.2 Å². The molecule has 1 saturated heterocycles. The zero-order valence-electron chi connectivity index (χ0n) is 24.6. The van der Waals surface area contributed by atoms with Crippen LogP contribution in [0.4, 0.5) is 16.3 Å². The van der Waals surface area contributed by atoms with E-state index in [4.69, 9.17) is 9.47 Å². The molecule has 2 amide bonds. The molecule has 1 unspecified atom stereocenters. The maximum absolute atomic E-state index is 13.5. The molecule has 11 nitrogen and oxygen atoms in total. The Morgan fingerprint density at radius 2 is 1.64 bits per heavy atom. The molecule has 2 aliphatic heterocycles. The lowest BCUT2D eigenvalue weighted by Gasteiger charge is -2.34. The van der Waals surface area contributed by atoms with Gasteiger partial charge in [0.2, 0.25) is 0 Å². The zero-order valence-corrected chi connectivity index (χ0v) is 24.6. The highest BCUT2D eigenvalue weighted by atomic mass is 16.6. The number of ether oxygens (including phenoxy) is 2. The van der Waals surface area contributed by atoms with E-state index in [-0.39, 0.29) is 43.2 Å². The number of amides is 2. The molecule has 0 aliphatic carbocycles. The number of nitrogens with zero attached hydrogens (tertiary/aromatic N) is 5. The lowest BCUT2D eigenvalue weighted by molar-refractivity contribution is -0.143. The summed E-state index contributed by atoms with van der Waals surface area (Å²) in [7, 11) is 3.60. The number of benzene rings is 2. The van der Waals surface area contributed by atoms with E-state index in [1.807, 2.05) is 56.3 Å². The fraction of sp³-hybridized carbons (Fsp3) is 0.419. The van der Waals surface area contributed by atoms with Gasteiger partial charge in [-0.25, -0.2) is 4.79 Å². The van der Waals surface area contributed by atoms with E-state index in [2.05, 4.69) is 27.3 Å². The Hall–Kier alpha value is -4.22. The molecular weight excluding hydrogens is 536 g/mol. The second-order valence-corrected chi connectivity index (χ2v) is 11.2. The van der Waals surface area contributed by atoms with E-state index in [1.165, 1.54) is 7.11 Å². The predicted octanol–water partition coefficient (Wildman–Crippen LogP) is 3.76. The number of nitrogens with one attached hydrogen (secondary N) is 1. The maximum Gasteiger partial charge on any atom is 0.435 e. The first-order valence-corrected chi connectivity index (χ1v) is 14.2. The summed E-state index contributed by atoms with van der Waals surface area (Å²) in [4.78, 5) is 46.0. The van der Waals surface area contributed by atoms with Crippen LogP contribution in [0.1, 0.15) is 47.1 Å². The topological polar surface area (TPSA) is 109 Å². The second-order valence-electron chi connectivity index (χ2n) is 11.2. The van der Waals surface area contributed by atoms with Crippen LogP contribution in [0.25, 0.3) is 0 Å². The molecule has 0 saturated carbocycles. The van der Waals surface area contributed by atoms with Crippen LogP contribution in [0.5, 0.6) is 0 Å². The third-order valence-corrected chi connectivity index (χ3v) is 7.60. The Morgan fingerprint density at radius 1 is 0.952 bits per heavy atom. The summed E-state index contributed by atoms with van der Waals surface area (Å²) < 4.78 is 12.2. The van der Waals surface area contributed by atoms with Crippen LogP contribution < -0.4 is 10.2 Å². The molecule has 222 valence electrons. The third kappa shape index (κ3) is 6.32. The molecule has 0 radical (unpaired) electrons. The fourth-order valence-electron chi connectivity index (χ4n) is 5.19. The number of aromatic nitrogens is 2. The highest BCUT2D eigenvalue weighted by molar-refractivity contribution is 6.04. The number of carbonyl (C=O) groups excluding carboxylic acids is 3. The molecule has 3 aromatic rings. The quantitative estimate of drug-likeness (QED) is 0.433. The molecule has 1 N–H and O–H groups in total. The Balaban J connectivity index is 1.36. The van der Waals surface area contributed by atoms with Crippen LogP contribution in [0.15, 0.2) is 54.6 Å². The number of anilines is 2. The molecule has 0 spiro atoms. The van der Waals surface area contributed by atoms with Crippen molar-refractivity contribution >= 4 is 29.4 Å². The van der Waals surface area contributed by atoms with E-state index in [0.717, 1.165) is 42.1 Å². The van der Waals surface area contributed by atoms with Crippen LogP contribution in [-0.2, 0) is 27.4 Å². The number of methoxy groups -OCH3 is 1. The molecule has 1 aromatic heterocycles. The van der Waals surface area contributed by atoms with Crippen molar-refractivity contribution < 1.29 is 23.9 Å². The average Bonchev–Trinajstić information content (AvgIpc) is 3.58. The number of rotatable bonds is 8. The molecule has 11 heteroatoms. The van der Waals surface area contributed by atoms with Crippen LogP contribution in [-0.4, -0.2) is 84.4 Å². The molecule has 5 rings (SSSR count). The van der Waals surface area contributed by atoms with Crippen LogP contribution >= 0.6 is 0 Å². The van der Waals surface area contributed by atoms with Crippen LogP contribution in [0.2, 0.25) is 0 Å². The average molecular weight is 575 g/mol. The lowest BCUT2D eigenvalue weighted by Crippen LogP contribution is -2.44. The summed E-state index contributed by atoms with van der Waals surface area (Å²) >= 11 is 0. The zero-order chi connectivity index (χ0) is 29.8. The van der Waals surface area contributed by atoms with Crippen molar-refractivity contribution in [2.45, 2.75) is 33.0 Å². The summed E-state index contributed by atoms with van der Waals surface area (Å²) in [6.07, 6.45) is -1.46. The second kappa shape index (κ2) is 12.7.